The van der Waals surface area contributed by atoms with Crippen molar-refractivity contribution >= 4 is 17.7 Å². The van der Waals surface area contributed by atoms with Crippen LogP contribution in [0.1, 0.15) is 33.6 Å². The Labute approximate surface area is 113 Å². The van der Waals surface area contributed by atoms with Gasteiger partial charge in [-0.15, -0.1) is 0 Å². The average Bonchev–Trinajstić information content (AvgIpc) is 2.73. The molecule has 0 aromatic carbocycles. The van der Waals surface area contributed by atoms with E-state index in [1.165, 1.54) is 11.9 Å². The minimum Gasteiger partial charge on any atom is -0.368 e. The van der Waals surface area contributed by atoms with E-state index in [9.17, 15) is 14.4 Å². The molecular formula is C13H23N3O3. The fraction of sp³-hybridized carbons (Fsp3) is 0.769. The molecule has 0 radical (unpaired) electrons. The quantitative estimate of drug-likeness (QED) is 0.780. The van der Waals surface area contributed by atoms with Crippen LogP contribution in [0.2, 0.25) is 0 Å². The van der Waals surface area contributed by atoms with Crippen LogP contribution < -0.4 is 5.73 Å². The van der Waals surface area contributed by atoms with Crippen LogP contribution in [-0.4, -0.2) is 53.7 Å². The van der Waals surface area contributed by atoms with Crippen molar-refractivity contribution < 1.29 is 14.4 Å². The van der Waals surface area contributed by atoms with Crippen LogP contribution in [0.25, 0.3) is 0 Å². The maximum absolute atomic E-state index is 12.3. The Morgan fingerprint density at radius 2 is 1.89 bits per heavy atom. The van der Waals surface area contributed by atoms with Crippen molar-refractivity contribution in [3.63, 3.8) is 0 Å². The highest BCUT2D eigenvalue weighted by Crippen LogP contribution is 2.26. The number of amides is 3. The molecule has 1 aliphatic heterocycles. The third kappa shape index (κ3) is 3.68. The van der Waals surface area contributed by atoms with Gasteiger partial charge in [0.2, 0.25) is 17.7 Å². The number of hydrogen-bond donors (Lipinski definition) is 1. The van der Waals surface area contributed by atoms with Crippen molar-refractivity contribution in [2.45, 2.75) is 39.7 Å². The minimum absolute atomic E-state index is 0.0316. The predicted octanol–water partition coefficient (Wildman–Crippen LogP) is -0.0328. The van der Waals surface area contributed by atoms with Gasteiger partial charge in [0.1, 0.15) is 6.04 Å². The van der Waals surface area contributed by atoms with Gasteiger partial charge in [-0.2, -0.15) is 0 Å². The van der Waals surface area contributed by atoms with Crippen LogP contribution in [0, 0.1) is 5.41 Å². The SMILES string of the molecule is CN(CC(N)=O)C(=O)[C@@H]1CCCN1C(=O)C(C)(C)C. The molecule has 3 amide bonds. The molecule has 19 heavy (non-hydrogen) atoms. The van der Waals surface area contributed by atoms with Crippen LogP contribution in [0.15, 0.2) is 0 Å². The van der Waals surface area contributed by atoms with Crippen molar-refractivity contribution in [3.05, 3.63) is 0 Å². The number of carbonyl (C=O) groups excluding carboxylic acids is 3. The number of rotatable bonds is 3. The molecule has 1 heterocycles. The van der Waals surface area contributed by atoms with Gasteiger partial charge in [-0.05, 0) is 12.8 Å². The Bertz CT molecular complexity index is 387. The van der Waals surface area contributed by atoms with E-state index in [0.29, 0.717) is 13.0 Å². The molecule has 0 aliphatic carbocycles. The highest BCUT2D eigenvalue weighted by molar-refractivity contribution is 5.91. The lowest BCUT2D eigenvalue weighted by molar-refractivity contribution is -0.148. The van der Waals surface area contributed by atoms with E-state index in [1.807, 2.05) is 20.8 Å². The van der Waals surface area contributed by atoms with Gasteiger partial charge < -0.3 is 15.5 Å². The summed E-state index contributed by atoms with van der Waals surface area (Å²) in [5.74, 6) is -0.799. The van der Waals surface area contributed by atoms with Crippen LogP contribution in [0.3, 0.4) is 0 Å². The summed E-state index contributed by atoms with van der Waals surface area (Å²) in [5.41, 5.74) is 4.57. The van der Waals surface area contributed by atoms with Crippen LogP contribution in [-0.2, 0) is 14.4 Å². The summed E-state index contributed by atoms with van der Waals surface area (Å²) in [6.07, 6.45) is 1.45. The number of likely N-dealkylation sites (N-methyl/N-ethyl adjacent to an activating group) is 1. The van der Waals surface area contributed by atoms with Gasteiger partial charge in [0.15, 0.2) is 0 Å². The Morgan fingerprint density at radius 1 is 1.32 bits per heavy atom. The summed E-state index contributed by atoms with van der Waals surface area (Å²) in [6, 6.07) is -0.462. The monoisotopic (exact) mass is 269 g/mol. The van der Waals surface area contributed by atoms with Crippen LogP contribution in [0.5, 0.6) is 0 Å². The van der Waals surface area contributed by atoms with E-state index in [4.69, 9.17) is 5.73 Å². The van der Waals surface area contributed by atoms with E-state index in [-0.39, 0.29) is 18.4 Å². The Morgan fingerprint density at radius 3 is 2.37 bits per heavy atom. The lowest BCUT2D eigenvalue weighted by Gasteiger charge is -2.32. The number of primary amides is 1. The second-order valence-electron chi connectivity index (χ2n) is 6.07. The molecule has 6 heteroatoms. The molecule has 0 aromatic heterocycles. The smallest absolute Gasteiger partial charge is 0.245 e. The first-order valence-corrected chi connectivity index (χ1v) is 6.49. The number of likely N-dealkylation sites (tertiary alicyclic amines) is 1. The molecule has 1 aliphatic rings. The van der Waals surface area contributed by atoms with Gasteiger partial charge in [-0.25, -0.2) is 0 Å². The summed E-state index contributed by atoms with van der Waals surface area (Å²) in [5, 5.41) is 0. The fourth-order valence-corrected chi connectivity index (χ4v) is 2.26. The number of carbonyl (C=O) groups is 3. The molecular weight excluding hydrogens is 246 g/mol. The summed E-state index contributed by atoms with van der Waals surface area (Å²) in [6.45, 7) is 5.98. The zero-order valence-electron chi connectivity index (χ0n) is 12.1. The molecule has 2 N–H and O–H groups in total. The molecule has 1 saturated heterocycles. The molecule has 0 bridgehead atoms. The highest BCUT2D eigenvalue weighted by Gasteiger charge is 2.39. The van der Waals surface area contributed by atoms with Crippen LogP contribution >= 0.6 is 0 Å². The molecule has 6 nitrogen and oxygen atoms in total. The van der Waals surface area contributed by atoms with Crippen molar-refractivity contribution in [2.75, 3.05) is 20.1 Å². The van der Waals surface area contributed by atoms with E-state index >= 15 is 0 Å². The highest BCUT2D eigenvalue weighted by atomic mass is 16.2. The van der Waals surface area contributed by atoms with Gasteiger partial charge in [0.05, 0.1) is 6.54 Å². The van der Waals surface area contributed by atoms with E-state index in [1.54, 1.807) is 4.90 Å². The number of nitrogens with zero attached hydrogens (tertiary/aromatic N) is 2. The van der Waals surface area contributed by atoms with E-state index < -0.39 is 17.4 Å². The minimum atomic E-state index is -0.553. The van der Waals surface area contributed by atoms with Crippen molar-refractivity contribution in [1.29, 1.82) is 0 Å². The van der Waals surface area contributed by atoms with E-state index in [2.05, 4.69) is 0 Å². The van der Waals surface area contributed by atoms with Gasteiger partial charge in [-0.3, -0.25) is 14.4 Å². The lowest BCUT2D eigenvalue weighted by Crippen LogP contribution is -2.50. The maximum atomic E-state index is 12.3. The van der Waals surface area contributed by atoms with Gasteiger partial charge in [-0.1, -0.05) is 20.8 Å². The molecule has 0 saturated carbocycles. The summed E-state index contributed by atoms with van der Waals surface area (Å²) in [4.78, 5) is 38.3. The maximum Gasteiger partial charge on any atom is 0.245 e. The van der Waals surface area contributed by atoms with Crippen molar-refractivity contribution in [3.8, 4) is 0 Å². The van der Waals surface area contributed by atoms with Crippen molar-refractivity contribution in [1.82, 2.24) is 9.80 Å². The average molecular weight is 269 g/mol. The molecule has 1 atom stereocenters. The molecule has 0 unspecified atom stereocenters. The summed E-state index contributed by atoms with van der Waals surface area (Å²) >= 11 is 0. The molecule has 1 fully saturated rings. The molecule has 0 spiro atoms. The number of nitrogens with two attached hydrogens (primary N) is 1. The van der Waals surface area contributed by atoms with Crippen molar-refractivity contribution in [2.24, 2.45) is 11.1 Å². The fourth-order valence-electron chi connectivity index (χ4n) is 2.26. The third-order valence-corrected chi connectivity index (χ3v) is 3.21. The third-order valence-electron chi connectivity index (χ3n) is 3.21. The van der Waals surface area contributed by atoms with Crippen LogP contribution in [0.4, 0.5) is 0 Å². The normalized spacial score (nSPS) is 19.4. The Hall–Kier alpha value is -1.59. The topological polar surface area (TPSA) is 83.7 Å². The molecule has 0 aromatic rings. The summed E-state index contributed by atoms with van der Waals surface area (Å²) < 4.78 is 0. The van der Waals surface area contributed by atoms with Gasteiger partial charge in [0.25, 0.3) is 0 Å². The first-order chi connectivity index (χ1) is 8.64. The predicted molar refractivity (Wildman–Crippen MR) is 71.0 cm³/mol. The summed E-state index contributed by atoms with van der Waals surface area (Å²) in [7, 11) is 1.53. The Balaban J connectivity index is 2.79. The largest absolute Gasteiger partial charge is 0.368 e. The zero-order valence-corrected chi connectivity index (χ0v) is 12.1. The second-order valence-corrected chi connectivity index (χ2v) is 6.07. The lowest BCUT2D eigenvalue weighted by atomic mass is 9.94. The Kier molecular flexibility index (Phi) is 4.55. The van der Waals surface area contributed by atoms with E-state index in [0.717, 1.165) is 6.42 Å². The first-order valence-electron chi connectivity index (χ1n) is 6.49. The molecule has 1 rings (SSSR count). The number of hydrogen-bond acceptors (Lipinski definition) is 3. The molecule has 108 valence electrons. The van der Waals surface area contributed by atoms with Gasteiger partial charge >= 0.3 is 0 Å². The standard InChI is InChI=1S/C13H23N3O3/c1-13(2,3)12(19)16-7-5-6-9(16)11(18)15(4)8-10(14)17/h9H,5-8H2,1-4H3,(H2,14,17)/t9-/m0/s1. The zero-order chi connectivity index (χ0) is 14.8. The first kappa shape index (κ1) is 15.5. The second kappa shape index (κ2) is 5.59. The van der Waals surface area contributed by atoms with Gasteiger partial charge in [0, 0.05) is 19.0 Å².